The Labute approximate surface area is 191 Å². The van der Waals surface area contributed by atoms with Crippen molar-refractivity contribution >= 4 is 0 Å². The molecule has 7 heteroatoms. The molecule has 0 radical (unpaired) electrons. The van der Waals surface area contributed by atoms with Gasteiger partial charge in [-0.2, -0.15) is 5.10 Å². The molecule has 7 nitrogen and oxygen atoms in total. The van der Waals surface area contributed by atoms with Gasteiger partial charge in [0.2, 0.25) is 0 Å². The van der Waals surface area contributed by atoms with Crippen molar-refractivity contribution in [1.29, 1.82) is 0 Å². The summed E-state index contributed by atoms with van der Waals surface area (Å²) in [6.07, 6.45) is 4.28. The molecule has 2 aliphatic heterocycles. The number of fused-ring (bicyclic) bond motifs is 1. The third kappa shape index (κ3) is 4.01. The summed E-state index contributed by atoms with van der Waals surface area (Å²) in [5, 5.41) is 14.7. The summed E-state index contributed by atoms with van der Waals surface area (Å²) in [5.74, 6) is 2.33. The van der Waals surface area contributed by atoms with Gasteiger partial charge in [0.15, 0.2) is 17.3 Å². The summed E-state index contributed by atoms with van der Waals surface area (Å²) >= 11 is 0. The molecule has 4 heterocycles. The number of furan rings is 1. The molecule has 168 valence electrons. The van der Waals surface area contributed by atoms with Crippen molar-refractivity contribution in [2.24, 2.45) is 0 Å². The maximum absolute atomic E-state index is 9.90. The highest BCUT2D eigenvalue weighted by atomic mass is 16.6. The molecule has 0 spiro atoms. The van der Waals surface area contributed by atoms with Crippen LogP contribution in [0.4, 0.5) is 0 Å². The van der Waals surface area contributed by atoms with Gasteiger partial charge in [0.1, 0.15) is 18.9 Å². The van der Waals surface area contributed by atoms with Crippen molar-refractivity contribution in [3.63, 3.8) is 0 Å². The molecule has 0 aliphatic carbocycles. The van der Waals surface area contributed by atoms with Gasteiger partial charge in [0, 0.05) is 31.4 Å². The molecule has 1 fully saturated rings. The van der Waals surface area contributed by atoms with Crippen molar-refractivity contribution in [1.82, 2.24) is 14.7 Å². The Balaban J connectivity index is 1.29. The Morgan fingerprint density at radius 2 is 1.79 bits per heavy atom. The molecule has 0 amide bonds. The van der Waals surface area contributed by atoms with Crippen molar-refractivity contribution in [3.8, 4) is 39.8 Å². The van der Waals surface area contributed by atoms with Crippen molar-refractivity contribution in [2.75, 3.05) is 26.3 Å². The van der Waals surface area contributed by atoms with Crippen LogP contribution in [0.1, 0.15) is 12.0 Å². The first-order chi connectivity index (χ1) is 16.2. The van der Waals surface area contributed by atoms with Crippen LogP contribution < -0.4 is 9.47 Å². The van der Waals surface area contributed by atoms with E-state index in [1.165, 1.54) is 0 Å². The van der Waals surface area contributed by atoms with Crippen LogP contribution in [-0.4, -0.2) is 52.2 Å². The first kappa shape index (κ1) is 20.1. The summed E-state index contributed by atoms with van der Waals surface area (Å²) < 4.78 is 18.9. The molecule has 1 atom stereocenters. The van der Waals surface area contributed by atoms with Gasteiger partial charge in [-0.1, -0.05) is 18.2 Å². The Hall–Kier alpha value is -3.55. The third-order valence-electron chi connectivity index (χ3n) is 6.19. The van der Waals surface area contributed by atoms with Gasteiger partial charge in [-0.05, 0) is 53.9 Å². The zero-order valence-electron chi connectivity index (χ0n) is 18.2. The lowest BCUT2D eigenvalue weighted by atomic mass is 10.0. The van der Waals surface area contributed by atoms with E-state index < -0.39 is 0 Å². The fraction of sp³-hybridized carbons (Fsp3) is 0.269. The van der Waals surface area contributed by atoms with E-state index >= 15 is 0 Å². The maximum atomic E-state index is 9.90. The molecule has 33 heavy (non-hydrogen) atoms. The minimum Gasteiger partial charge on any atom is -0.486 e. The SMILES string of the molecule is OC1CCN(Cc2cn(-c3ccc(-c4ccc5c(c4)OCCO5)cc3)nc2-c2ccco2)C1. The highest BCUT2D eigenvalue weighted by molar-refractivity contribution is 5.68. The van der Waals surface area contributed by atoms with Crippen molar-refractivity contribution in [3.05, 3.63) is 72.6 Å². The molecule has 0 bridgehead atoms. The van der Waals surface area contributed by atoms with Gasteiger partial charge >= 0.3 is 0 Å². The zero-order chi connectivity index (χ0) is 22.2. The summed E-state index contributed by atoms with van der Waals surface area (Å²) in [6, 6.07) is 18.1. The Bertz CT molecular complexity index is 1250. The van der Waals surface area contributed by atoms with E-state index in [1.54, 1.807) is 6.26 Å². The van der Waals surface area contributed by atoms with Gasteiger partial charge in [0.05, 0.1) is 18.1 Å². The molecular formula is C26H25N3O4. The van der Waals surface area contributed by atoms with E-state index in [0.29, 0.717) is 19.8 Å². The fourth-order valence-electron chi connectivity index (χ4n) is 4.50. The highest BCUT2D eigenvalue weighted by Gasteiger charge is 2.23. The first-order valence-electron chi connectivity index (χ1n) is 11.3. The average Bonchev–Trinajstić information content (AvgIpc) is 3.61. The van der Waals surface area contributed by atoms with E-state index in [9.17, 15) is 5.11 Å². The Morgan fingerprint density at radius 3 is 2.55 bits per heavy atom. The smallest absolute Gasteiger partial charge is 0.161 e. The van der Waals surface area contributed by atoms with Gasteiger partial charge in [-0.3, -0.25) is 4.90 Å². The van der Waals surface area contributed by atoms with E-state index in [1.807, 2.05) is 35.0 Å². The number of ether oxygens (including phenoxy) is 2. The second kappa shape index (κ2) is 8.42. The van der Waals surface area contributed by atoms with Crippen LogP contribution in [0.25, 0.3) is 28.3 Å². The van der Waals surface area contributed by atoms with E-state index in [4.69, 9.17) is 19.0 Å². The predicted molar refractivity (Wildman–Crippen MR) is 124 cm³/mol. The molecule has 2 aromatic heterocycles. The molecule has 0 saturated carbocycles. The number of aliphatic hydroxyl groups is 1. The maximum Gasteiger partial charge on any atom is 0.161 e. The topological polar surface area (TPSA) is 72.9 Å². The molecule has 2 aromatic carbocycles. The lowest BCUT2D eigenvalue weighted by Crippen LogP contribution is -2.21. The van der Waals surface area contributed by atoms with Crippen molar-refractivity contribution < 1.29 is 19.0 Å². The standard InChI is InChI=1S/C26H25N3O4/c30-22-9-10-28(17-22)15-20-16-29(27-26(20)24-2-1-11-31-24)21-6-3-18(4-7-21)19-5-8-23-25(14-19)33-13-12-32-23/h1-8,11,14,16,22,30H,9-10,12-13,15,17H2. The van der Waals surface area contributed by atoms with Crippen LogP contribution in [0, 0.1) is 0 Å². The van der Waals surface area contributed by atoms with Crippen LogP contribution in [0.5, 0.6) is 11.5 Å². The summed E-state index contributed by atoms with van der Waals surface area (Å²) in [6.45, 7) is 3.46. The highest BCUT2D eigenvalue weighted by Crippen LogP contribution is 2.35. The van der Waals surface area contributed by atoms with Crippen LogP contribution in [-0.2, 0) is 6.54 Å². The molecular weight excluding hydrogens is 418 g/mol. The number of rotatable bonds is 5. The number of aliphatic hydroxyl groups excluding tert-OH is 1. The number of hydrogen-bond acceptors (Lipinski definition) is 6. The van der Waals surface area contributed by atoms with Crippen LogP contribution in [0.2, 0.25) is 0 Å². The van der Waals surface area contributed by atoms with Gasteiger partial charge in [-0.25, -0.2) is 4.68 Å². The summed E-state index contributed by atoms with van der Waals surface area (Å²) in [4.78, 5) is 2.25. The minimum atomic E-state index is -0.250. The molecule has 1 saturated heterocycles. The largest absolute Gasteiger partial charge is 0.486 e. The normalized spacial score (nSPS) is 18.0. The predicted octanol–water partition coefficient (Wildman–Crippen LogP) is 4.14. The fourth-order valence-corrected chi connectivity index (χ4v) is 4.50. The molecule has 6 rings (SSSR count). The van der Waals surface area contributed by atoms with Crippen LogP contribution in [0.15, 0.2) is 71.5 Å². The molecule has 4 aromatic rings. The number of benzene rings is 2. The quantitative estimate of drug-likeness (QED) is 0.500. The van der Waals surface area contributed by atoms with Gasteiger partial charge in [-0.15, -0.1) is 0 Å². The summed E-state index contributed by atoms with van der Waals surface area (Å²) in [7, 11) is 0. The monoisotopic (exact) mass is 443 g/mol. The third-order valence-corrected chi connectivity index (χ3v) is 6.19. The van der Waals surface area contributed by atoms with Gasteiger partial charge in [0.25, 0.3) is 0 Å². The zero-order valence-corrected chi connectivity index (χ0v) is 18.2. The minimum absolute atomic E-state index is 0.250. The molecule has 1 N–H and O–H groups in total. The van der Waals surface area contributed by atoms with Gasteiger partial charge < -0.3 is 19.0 Å². The average molecular weight is 444 g/mol. The van der Waals surface area contributed by atoms with Crippen molar-refractivity contribution in [2.45, 2.75) is 19.1 Å². The van der Waals surface area contributed by atoms with Crippen LogP contribution in [0.3, 0.4) is 0 Å². The number of likely N-dealkylation sites (tertiary alicyclic amines) is 1. The van der Waals surface area contributed by atoms with E-state index in [2.05, 4.69) is 35.4 Å². The number of nitrogens with zero attached hydrogens (tertiary/aromatic N) is 3. The summed E-state index contributed by atoms with van der Waals surface area (Å²) in [5.41, 5.74) is 5.06. The molecule has 2 aliphatic rings. The number of hydrogen-bond donors (Lipinski definition) is 1. The Kier molecular flexibility index (Phi) is 5.13. The number of β-amino-alcohol motifs (C(OH)–C–C–N with tert-alkyl or cyclic N) is 1. The second-order valence-electron chi connectivity index (χ2n) is 8.51. The lowest BCUT2D eigenvalue weighted by Gasteiger charge is -2.19. The van der Waals surface area contributed by atoms with E-state index in [-0.39, 0.29) is 6.10 Å². The molecule has 1 unspecified atom stereocenters. The first-order valence-corrected chi connectivity index (χ1v) is 11.3. The number of aromatic nitrogens is 2. The second-order valence-corrected chi connectivity index (χ2v) is 8.51. The van der Waals surface area contributed by atoms with Crippen LogP contribution >= 0.6 is 0 Å². The Morgan fingerprint density at radius 1 is 0.970 bits per heavy atom. The van der Waals surface area contributed by atoms with E-state index in [0.717, 1.165) is 64.8 Å². The lowest BCUT2D eigenvalue weighted by molar-refractivity contribution is 0.171.